The molecule has 0 atom stereocenters. The lowest BCUT2D eigenvalue weighted by Crippen LogP contribution is -2.14. The van der Waals surface area contributed by atoms with Gasteiger partial charge < -0.3 is 9.88 Å². The van der Waals surface area contributed by atoms with E-state index in [0.29, 0.717) is 5.92 Å². The van der Waals surface area contributed by atoms with Gasteiger partial charge in [0.1, 0.15) is 12.2 Å². The smallest absolute Gasteiger partial charge is 0.146 e. The van der Waals surface area contributed by atoms with Crippen molar-refractivity contribution in [2.24, 2.45) is 5.92 Å². The van der Waals surface area contributed by atoms with E-state index in [0.717, 1.165) is 32.0 Å². The third-order valence-electron chi connectivity index (χ3n) is 3.13. The lowest BCUT2D eigenvalue weighted by atomic mass is 10.2. The summed E-state index contributed by atoms with van der Waals surface area (Å²) in [5.41, 5.74) is 1.31. The van der Waals surface area contributed by atoms with Crippen molar-refractivity contribution < 1.29 is 0 Å². The Balaban J connectivity index is 1.94. The summed E-state index contributed by atoms with van der Waals surface area (Å²) < 4.78 is 4.17. The first-order valence-corrected chi connectivity index (χ1v) is 7.41. The van der Waals surface area contributed by atoms with E-state index in [2.05, 4.69) is 59.2 Å². The van der Waals surface area contributed by atoms with Gasteiger partial charge in [0, 0.05) is 25.5 Å². The Labute approximate surface area is 121 Å². The van der Waals surface area contributed by atoms with Crippen molar-refractivity contribution in [3.05, 3.63) is 36.2 Å². The van der Waals surface area contributed by atoms with Crippen molar-refractivity contribution in [3.63, 3.8) is 0 Å². The second-order valence-corrected chi connectivity index (χ2v) is 5.62. The summed E-state index contributed by atoms with van der Waals surface area (Å²) >= 11 is 0. The Morgan fingerprint density at radius 3 is 2.95 bits per heavy atom. The number of hydrogen-bond acceptors (Lipinski definition) is 3. The second kappa shape index (κ2) is 7.24. The van der Waals surface area contributed by atoms with Crippen molar-refractivity contribution in [2.75, 3.05) is 6.54 Å². The van der Waals surface area contributed by atoms with Gasteiger partial charge in [0.15, 0.2) is 0 Å². The van der Waals surface area contributed by atoms with Gasteiger partial charge in [0.2, 0.25) is 0 Å². The average molecular weight is 275 g/mol. The Morgan fingerprint density at radius 2 is 2.20 bits per heavy atom. The van der Waals surface area contributed by atoms with Crippen molar-refractivity contribution in [3.8, 4) is 0 Å². The largest absolute Gasteiger partial charge is 0.346 e. The maximum Gasteiger partial charge on any atom is 0.146 e. The lowest BCUT2D eigenvalue weighted by Gasteiger charge is -2.09. The third-order valence-corrected chi connectivity index (χ3v) is 3.13. The predicted molar refractivity (Wildman–Crippen MR) is 80.4 cm³/mol. The van der Waals surface area contributed by atoms with Crippen LogP contribution in [0.25, 0.3) is 0 Å². The van der Waals surface area contributed by atoms with Crippen LogP contribution >= 0.6 is 0 Å². The van der Waals surface area contributed by atoms with Crippen LogP contribution in [0.2, 0.25) is 0 Å². The molecule has 110 valence electrons. The minimum absolute atomic E-state index is 0.578. The SMILES string of the molecule is CCCNCc1ccn(Cc2ncnn2CC(C)C)c1. The number of aromatic nitrogens is 4. The van der Waals surface area contributed by atoms with Crippen molar-refractivity contribution >= 4 is 0 Å². The van der Waals surface area contributed by atoms with E-state index in [9.17, 15) is 0 Å². The van der Waals surface area contributed by atoms with E-state index in [1.165, 1.54) is 12.0 Å². The summed E-state index contributed by atoms with van der Waals surface area (Å²) in [5, 5.41) is 7.71. The molecule has 0 spiro atoms. The molecule has 1 N–H and O–H groups in total. The van der Waals surface area contributed by atoms with Crippen LogP contribution in [-0.4, -0.2) is 25.9 Å². The quantitative estimate of drug-likeness (QED) is 0.752. The third kappa shape index (κ3) is 4.20. The van der Waals surface area contributed by atoms with Crippen LogP contribution in [0, 0.1) is 5.92 Å². The minimum atomic E-state index is 0.578. The normalized spacial score (nSPS) is 11.4. The van der Waals surface area contributed by atoms with Crippen LogP contribution in [0.4, 0.5) is 0 Å². The maximum absolute atomic E-state index is 4.36. The Hall–Kier alpha value is -1.62. The van der Waals surface area contributed by atoms with Crippen molar-refractivity contribution in [1.82, 2.24) is 24.6 Å². The summed E-state index contributed by atoms with van der Waals surface area (Å²) in [6.07, 6.45) is 7.10. The Kier molecular flexibility index (Phi) is 5.35. The molecule has 2 aromatic rings. The molecule has 0 aliphatic carbocycles. The fourth-order valence-corrected chi connectivity index (χ4v) is 2.18. The van der Waals surface area contributed by atoms with Crippen LogP contribution in [-0.2, 0) is 19.6 Å². The van der Waals surface area contributed by atoms with Crippen LogP contribution < -0.4 is 5.32 Å². The predicted octanol–water partition coefficient (Wildman–Crippen LogP) is 2.28. The summed E-state index contributed by atoms with van der Waals surface area (Å²) in [6.45, 7) is 10.3. The molecular formula is C15H25N5. The zero-order valence-electron chi connectivity index (χ0n) is 12.7. The fourth-order valence-electron chi connectivity index (χ4n) is 2.18. The molecule has 0 saturated carbocycles. The van der Waals surface area contributed by atoms with E-state index in [-0.39, 0.29) is 0 Å². The number of rotatable bonds is 8. The summed E-state index contributed by atoms with van der Waals surface area (Å²) in [4.78, 5) is 4.36. The van der Waals surface area contributed by atoms with E-state index in [1.54, 1.807) is 6.33 Å². The number of hydrogen-bond donors (Lipinski definition) is 1. The Bertz CT molecular complexity index is 512. The van der Waals surface area contributed by atoms with Gasteiger partial charge in [-0.15, -0.1) is 0 Å². The van der Waals surface area contributed by atoms with Gasteiger partial charge >= 0.3 is 0 Å². The van der Waals surface area contributed by atoms with Crippen LogP contribution in [0.3, 0.4) is 0 Å². The molecule has 5 nitrogen and oxygen atoms in total. The molecular weight excluding hydrogens is 250 g/mol. The fraction of sp³-hybridized carbons (Fsp3) is 0.600. The monoisotopic (exact) mass is 275 g/mol. The zero-order valence-corrected chi connectivity index (χ0v) is 12.7. The molecule has 2 aromatic heterocycles. The average Bonchev–Trinajstić information content (AvgIpc) is 3.00. The first-order chi connectivity index (χ1) is 9.69. The van der Waals surface area contributed by atoms with E-state index in [1.807, 2.05) is 4.68 Å². The number of nitrogens with one attached hydrogen (secondary N) is 1. The number of nitrogens with zero attached hydrogens (tertiary/aromatic N) is 4. The molecule has 2 heterocycles. The molecule has 0 radical (unpaired) electrons. The highest BCUT2D eigenvalue weighted by Gasteiger charge is 2.07. The van der Waals surface area contributed by atoms with Gasteiger partial charge in [-0.3, -0.25) is 0 Å². The van der Waals surface area contributed by atoms with E-state index >= 15 is 0 Å². The topological polar surface area (TPSA) is 47.7 Å². The van der Waals surface area contributed by atoms with Crippen LogP contribution in [0.15, 0.2) is 24.8 Å². The molecule has 0 fully saturated rings. The summed E-state index contributed by atoms with van der Waals surface area (Å²) in [6, 6.07) is 2.16. The summed E-state index contributed by atoms with van der Waals surface area (Å²) in [5.74, 6) is 1.59. The van der Waals surface area contributed by atoms with E-state index < -0.39 is 0 Å². The molecule has 0 bridgehead atoms. The van der Waals surface area contributed by atoms with Gasteiger partial charge in [-0.05, 0) is 30.5 Å². The molecule has 0 unspecified atom stereocenters. The lowest BCUT2D eigenvalue weighted by molar-refractivity contribution is 0.461. The highest BCUT2D eigenvalue weighted by Crippen LogP contribution is 2.06. The molecule has 2 rings (SSSR count). The molecule has 0 saturated heterocycles. The van der Waals surface area contributed by atoms with Gasteiger partial charge in [-0.1, -0.05) is 20.8 Å². The van der Waals surface area contributed by atoms with Gasteiger partial charge in [-0.25, -0.2) is 9.67 Å². The zero-order chi connectivity index (χ0) is 14.4. The molecule has 0 amide bonds. The van der Waals surface area contributed by atoms with Gasteiger partial charge in [0.05, 0.1) is 6.54 Å². The molecule has 0 aliphatic rings. The maximum atomic E-state index is 4.36. The first-order valence-electron chi connectivity index (χ1n) is 7.41. The van der Waals surface area contributed by atoms with Crippen molar-refractivity contribution in [1.29, 1.82) is 0 Å². The van der Waals surface area contributed by atoms with Crippen LogP contribution in [0.5, 0.6) is 0 Å². The van der Waals surface area contributed by atoms with Crippen molar-refractivity contribution in [2.45, 2.75) is 46.8 Å². The van der Waals surface area contributed by atoms with Gasteiger partial charge in [0.25, 0.3) is 0 Å². The standard InChI is InChI=1S/C15H25N5/c1-4-6-16-8-14-5-7-19(10-14)11-15-17-12-18-20(15)9-13(2)3/h5,7,10,12-13,16H,4,6,8-9,11H2,1-3H3. The second-order valence-electron chi connectivity index (χ2n) is 5.62. The molecule has 0 aliphatic heterocycles. The van der Waals surface area contributed by atoms with Crippen LogP contribution in [0.1, 0.15) is 38.6 Å². The molecule has 0 aromatic carbocycles. The molecule has 5 heteroatoms. The minimum Gasteiger partial charge on any atom is -0.346 e. The highest BCUT2D eigenvalue weighted by molar-refractivity contribution is 5.11. The van der Waals surface area contributed by atoms with E-state index in [4.69, 9.17) is 0 Å². The Morgan fingerprint density at radius 1 is 1.35 bits per heavy atom. The molecule has 20 heavy (non-hydrogen) atoms. The highest BCUT2D eigenvalue weighted by atomic mass is 15.3. The first kappa shape index (κ1) is 14.8. The summed E-state index contributed by atoms with van der Waals surface area (Å²) in [7, 11) is 0. The van der Waals surface area contributed by atoms with Gasteiger partial charge in [-0.2, -0.15) is 5.10 Å².